The average Bonchev–Trinajstić information content (AvgIpc) is 2.62. The molecule has 2 nitrogen and oxygen atoms in total. The predicted molar refractivity (Wildman–Crippen MR) is 106 cm³/mol. The first-order valence-electron chi connectivity index (χ1n) is 10.5. The Morgan fingerprint density at radius 1 is 1.12 bits per heavy atom. The van der Waals surface area contributed by atoms with E-state index in [1.54, 1.807) is 11.1 Å². The highest BCUT2D eigenvalue weighted by Crippen LogP contribution is 2.38. The maximum atomic E-state index is 11.0. The standard InChI is InChI=1S/C23H37NO/c1-17(2)18-11-13-21(14-12-18)23(3,25)16-24-15-20-9-6-8-19-7-4-5-10-22(19)20/h6,8-9,17-18,21,24-25H,4-5,7,10-16H2,1-3H3. The molecule has 0 radical (unpaired) electrons. The summed E-state index contributed by atoms with van der Waals surface area (Å²) < 4.78 is 0. The maximum Gasteiger partial charge on any atom is 0.0771 e. The molecule has 2 heteroatoms. The van der Waals surface area contributed by atoms with Crippen molar-refractivity contribution in [1.82, 2.24) is 5.32 Å². The highest BCUT2D eigenvalue weighted by Gasteiger charge is 2.35. The molecule has 0 aromatic heterocycles. The Labute approximate surface area is 154 Å². The first kappa shape index (κ1) is 18.9. The van der Waals surface area contributed by atoms with Gasteiger partial charge in [-0.2, -0.15) is 0 Å². The summed E-state index contributed by atoms with van der Waals surface area (Å²) in [7, 11) is 0. The molecule has 1 saturated carbocycles. The van der Waals surface area contributed by atoms with Gasteiger partial charge in [-0.1, -0.05) is 32.0 Å². The van der Waals surface area contributed by atoms with Gasteiger partial charge >= 0.3 is 0 Å². The van der Waals surface area contributed by atoms with Gasteiger partial charge in [0.1, 0.15) is 0 Å². The summed E-state index contributed by atoms with van der Waals surface area (Å²) in [5.74, 6) is 2.09. The van der Waals surface area contributed by atoms with Gasteiger partial charge in [0.05, 0.1) is 5.60 Å². The number of aliphatic hydroxyl groups is 1. The van der Waals surface area contributed by atoms with Gasteiger partial charge in [0.2, 0.25) is 0 Å². The summed E-state index contributed by atoms with van der Waals surface area (Å²) in [5, 5.41) is 14.6. The Morgan fingerprint density at radius 2 is 1.84 bits per heavy atom. The molecule has 2 N–H and O–H groups in total. The number of rotatable bonds is 6. The summed E-state index contributed by atoms with van der Waals surface area (Å²) in [5.41, 5.74) is 3.97. The van der Waals surface area contributed by atoms with Crippen LogP contribution in [0, 0.1) is 17.8 Å². The van der Waals surface area contributed by atoms with Crippen LogP contribution < -0.4 is 5.32 Å². The van der Waals surface area contributed by atoms with E-state index < -0.39 is 5.60 Å². The van der Waals surface area contributed by atoms with E-state index in [2.05, 4.69) is 37.4 Å². The van der Waals surface area contributed by atoms with E-state index in [1.165, 1.54) is 56.9 Å². The van der Waals surface area contributed by atoms with Crippen LogP contribution in [0.3, 0.4) is 0 Å². The third-order valence-electron chi connectivity index (χ3n) is 6.89. The Morgan fingerprint density at radius 3 is 2.56 bits per heavy atom. The predicted octanol–water partition coefficient (Wildman–Crippen LogP) is 4.87. The highest BCUT2D eigenvalue weighted by molar-refractivity contribution is 5.37. The quantitative estimate of drug-likeness (QED) is 0.772. The second-order valence-electron chi connectivity index (χ2n) is 9.08. The first-order chi connectivity index (χ1) is 12.0. The lowest BCUT2D eigenvalue weighted by atomic mass is 9.71. The molecule has 0 heterocycles. The lowest BCUT2D eigenvalue weighted by Gasteiger charge is -2.39. The number of hydrogen-bond donors (Lipinski definition) is 2. The topological polar surface area (TPSA) is 32.3 Å². The molecular weight excluding hydrogens is 306 g/mol. The molecule has 1 aromatic carbocycles. The average molecular weight is 344 g/mol. The molecule has 2 aliphatic carbocycles. The third kappa shape index (κ3) is 4.65. The van der Waals surface area contributed by atoms with E-state index in [0.29, 0.717) is 12.5 Å². The van der Waals surface area contributed by atoms with Crippen molar-refractivity contribution in [3.8, 4) is 0 Å². The number of aryl methyl sites for hydroxylation is 1. The van der Waals surface area contributed by atoms with Gasteiger partial charge in [0, 0.05) is 13.1 Å². The molecule has 3 rings (SSSR count). The van der Waals surface area contributed by atoms with E-state index in [1.807, 2.05) is 6.92 Å². The van der Waals surface area contributed by atoms with E-state index in [9.17, 15) is 5.11 Å². The smallest absolute Gasteiger partial charge is 0.0771 e. The van der Waals surface area contributed by atoms with E-state index >= 15 is 0 Å². The van der Waals surface area contributed by atoms with Crippen molar-refractivity contribution < 1.29 is 5.11 Å². The fourth-order valence-corrected chi connectivity index (χ4v) is 5.03. The van der Waals surface area contributed by atoms with Gasteiger partial charge in [-0.25, -0.2) is 0 Å². The van der Waals surface area contributed by atoms with Crippen LogP contribution in [-0.2, 0) is 19.4 Å². The second kappa shape index (κ2) is 8.22. The van der Waals surface area contributed by atoms with E-state index in [0.717, 1.165) is 18.4 Å². The summed E-state index contributed by atoms with van der Waals surface area (Å²) in [4.78, 5) is 0. The molecule has 1 unspecified atom stereocenters. The molecule has 140 valence electrons. The largest absolute Gasteiger partial charge is 0.389 e. The molecule has 1 fully saturated rings. The van der Waals surface area contributed by atoms with Crippen molar-refractivity contribution in [2.24, 2.45) is 17.8 Å². The molecule has 0 saturated heterocycles. The molecule has 25 heavy (non-hydrogen) atoms. The van der Waals surface area contributed by atoms with Gasteiger partial charge in [-0.15, -0.1) is 0 Å². The number of fused-ring (bicyclic) bond motifs is 1. The van der Waals surface area contributed by atoms with Gasteiger partial charge in [-0.05, 0) is 92.7 Å². The molecule has 0 aliphatic heterocycles. The molecule has 0 amide bonds. The SMILES string of the molecule is CC(C)C1CCC(C(C)(O)CNCc2cccc3c2CCCC3)CC1. The third-order valence-corrected chi connectivity index (χ3v) is 6.89. The normalized spacial score (nSPS) is 26.3. The summed E-state index contributed by atoms with van der Waals surface area (Å²) in [6, 6.07) is 6.76. The monoisotopic (exact) mass is 343 g/mol. The van der Waals surface area contributed by atoms with Gasteiger partial charge in [-0.3, -0.25) is 0 Å². The Balaban J connectivity index is 1.51. The highest BCUT2D eigenvalue weighted by atomic mass is 16.3. The lowest BCUT2D eigenvalue weighted by Crippen LogP contribution is -2.45. The Kier molecular flexibility index (Phi) is 6.22. The van der Waals surface area contributed by atoms with E-state index in [-0.39, 0.29) is 0 Å². The van der Waals surface area contributed by atoms with Crippen molar-refractivity contribution >= 4 is 0 Å². The van der Waals surface area contributed by atoms with Crippen molar-refractivity contribution in [1.29, 1.82) is 0 Å². The fraction of sp³-hybridized carbons (Fsp3) is 0.739. The number of benzene rings is 1. The lowest BCUT2D eigenvalue weighted by molar-refractivity contribution is -0.0240. The molecule has 0 bridgehead atoms. The van der Waals surface area contributed by atoms with Crippen LogP contribution in [-0.4, -0.2) is 17.3 Å². The van der Waals surface area contributed by atoms with Gasteiger partial charge < -0.3 is 10.4 Å². The summed E-state index contributed by atoms with van der Waals surface area (Å²) in [6.07, 6.45) is 10.0. The minimum Gasteiger partial charge on any atom is -0.389 e. The van der Waals surface area contributed by atoms with Crippen LogP contribution in [0.25, 0.3) is 0 Å². The van der Waals surface area contributed by atoms with Crippen LogP contribution >= 0.6 is 0 Å². The van der Waals surface area contributed by atoms with Crippen LogP contribution in [0.15, 0.2) is 18.2 Å². The van der Waals surface area contributed by atoms with Crippen LogP contribution in [0.4, 0.5) is 0 Å². The zero-order valence-electron chi connectivity index (χ0n) is 16.5. The molecule has 1 atom stereocenters. The zero-order chi connectivity index (χ0) is 17.9. The summed E-state index contributed by atoms with van der Waals surface area (Å²) >= 11 is 0. The molecule has 1 aromatic rings. The van der Waals surface area contributed by atoms with Crippen molar-refractivity contribution in [3.05, 3.63) is 34.9 Å². The van der Waals surface area contributed by atoms with Crippen LogP contribution in [0.5, 0.6) is 0 Å². The minimum atomic E-state index is -0.587. The van der Waals surface area contributed by atoms with E-state index in [4.69, 9.17) is 0 Å². The van der Waals surface area contributed by atoms with Crippen molar-refractivity contribution in [2.75, 3.05) is 6.54 Å². The number of nitrogens with one attached hydrogen (secondary N) is 1. The zero-order valence-corrected chi connectivity index (χ0v) is 16.5. The molecule has 0 spiro atoms. The fourth-order valence-electron chi connectivity index (χ4n) is 5.03. The van der Waals surface area contributed by atoms with Gasteiger partial charge in [0.15, 0.2) is 0 Å². The van der Waals surface area contributed by atoms with Crippen molar-refractivity contribution in [3.63, 3.8) is 0 Å². The van der Waals surface area contributed by atoms with Gasteiger partial charge in [0.25, 0.3) is 0 Å². The molecular formula is C23H37NO. The first-order valence-corrected chi connectivity index (χ1v) is 10.5. The minimum absolute atomic E-state index is 0.444. The van der Waals surface area contributed by atoms with Crippen LogP contribution in [0.1, 0.15) is 76.0 Å². The van der Waals surface area contributed by atoms with Crippen LogP contribution in [0.2, 0.25) is 0 Å². The Bertz CT molecular complexity index is 555. The number of hydrogen-bond acceptors (Lipinski definition) is 2. The summed E-state index contributed by atoms with van der Waals surface area (Å²) in [6.45, 7) is 8.31. The molecule has 2 aliphatic rings. The maximum absolute atomic E-state index is 11.0. The second-order valence-corrected chi connectivity index (χ2v) is 9.08. The Hall–Kier alpha value is -0.860. The van der Waals surface area contributed by atoms with Crippen molar-refractivity contribution in [2.45, 2.75) is 84.3 Å².